The van der Waals surface area contributed by atoms with Gasteiger partial charge in [0.05, 0.1) is 29.3 Å². The summed E-state index contributed by atoms with van der Waals surface area (Å²) in [5.74, 6) is -1.38. The van der Waals surface area contributed by atoms with E-state index in [1.807, 2.05) is 30.3 Å². The summed E-state index contributed by atoms with van der Waals surface area (Å²) < 4.78 is 4.70. The van der Waals surface area contributed by atoms with E-state index in [-0.39, 0.29) is 24.8 Å². The van der Waals surface area contributed by atoms with Crippen molar-refractivity contribution in [2.24, 2.45) is 5.92 Å². The summed E-state index contributed by atoms with van der Waals surface area (Å²) in [4.78, 5) is 38.1. The van der Waals surface area contributed by atoms with Crippen molar-refractivity contribution in [2.45, 2.75) is 13.0 Å². The zero-order valence-electron chi connectivity index (χ0n) is 14.8. The quantitative estimate of drug-likeness (QED) is 0.802. The van der Waals surface area contributed by atoms with Crippen LogP contribution in [0, 0.1) is 5.92 Å². The Hall–Kier alpha value is -2.86. The van der Waals surface area contributed by atoms with E-state index in [1.165, 1.54) is 24.1 Å². The van der Waals surface area contributed by atoms with Gasteiger partial charge in [0.1, 0.15) is 0 Å². The van der Waals surface area contributed by atoms with Crippen molar-refractivity contribution in [3.63, 3.8) is 0 Å². The lowest BCUT2D eigenvalue weighted by atomic mass is 10.1. The number of amides is 2. The normalized spacial score (nSPS) is 16.3. The molecular weight excluding hydrogens is 368 g/mol. The average Bonchev–Trinajstić information content (AvgIpc) is 3.08. The predicted molar refractivity (Wildman–Crippen MR) is 102 cm³/mol. The summed E-state index contributed by atoms with van der Waals surface area (Å²) in [5, 5.41) is 3.20. The number of benzene rings is 2. The highest BCUT2D eigenvalue weighted by Gasteiger charge is 2.36. The smallest absolute Gasteiger partial charge is 0.337 e. The van der Waals surface area contributed by atoms with Gasteiger partial charge in [-0.15, -0.1) is 0 Å². The molecule has 140 valence electrons. The van der Waals surface area contributed by atoms with Crippen molar-refractivity contribution in [1.82, 2.24) is 5.32 Å². The van der Waals surface area contributed by atoms with Gasteiger partial charge < -0.3 is 15.0 Å². The van der Waals surface area contributed by atoms with Crippen LogP contribution in [-0.2, 0) is 20.9 Å². The molecule has 1 aliphatic heterocycles. The van der Waals surface area contributed by atoms with E-state index in [9.17, 15) is 14.4 Å². The van der Waals surface area contributed by atoms with Gasteiger partial charge in [-0.25, -0.2) is 4.79 Å². The molecule has 2 amide bonds. The Kier molecular flexibility index (Phi) is 5.76. The molecular formula is C20H19ClN2O4. The second kappa shape index (κ2) is 8.22. The van der Waals surface area contributed by atoms with Gasteiger partial charge in [-0.05, 0) is 23.8 Å². The van der Waals surface area contributed by atoms with Crippen LogP contribution in [0.15, 0.2) is 48.5 Å². The number of rotatable bonds is 5. The first kappa shape index (κ1) is 18.9. The average molecular weight is 387 g/mol. The summed E-state index contributed by atoms with van der Waals surface area (Å²) in [6.07, 6.45) is 0.0966. The fourth-order valence-corrected chi connectivity index (χ4v) is 3.23. The largest absolute Gasteiger partial charge is 0.465 e. The van der Waals surface area contributed by atoms with Gasteiger partial charge in [0, 0.05) is 19.5 Å². The molecule has 0 aliphatic carbocycles. The van der Waals surface area contributed by atoms with Crippen molar-refractivity contribution < 1.29 is 19.1 Å². The van der Waals surface area contributed by atoms with Gasteiger partial charge in [-0.2, -0.15) is 0 Å². The highest BCUT2D eigenvalue weighted by Crippen LogP contribution is 2.32. The monoisotopic (exact) mass is 386 g/mol. The predicted octanol–water partition coefficient (Wildman–Crippen LogP) is 2.80. The number of hydrogen-bond donors (Lipinski definition) is 1. The Morgan fingerprint density at radius 1 is 1.22 bits per heavy atom. The summed E-state index contributed by atoms with van der Waals surface area (Å²) >= 11 is 6.21. The van der Waals surface area contributed by atoms with E-state index >= 15 is 0 Å². The molecule has 1 N–H and O–H groups in total. The third kappa shape index (κ3) is 4.28. The third-order valence-corrected chi connectivity index (χ3v) is 4.78. The molecule has 1 saturated heterocycles. The number of carbonyl (C=O) groups is 3. The van der Waals surface area contributed by atoms with E-state index in [1.54, 1.807) is 6.07 Å². The van der Waals surface area contributed by atoms with E-state index in [0.717, 1.165) is 5.56 Å². The number of halogens is 1. The first-order valence-corrected chi connectivity index (χ1v) is 8.87. The number of nitrogens with zero attached hydrogens (tertiary/aromatic N) is 1. The highest BCUT2D eigenvalue weighted by molar-refractivity contribution is 6.34. The summed E-state index contributed by atoms with van der Waals surface area (Å²) in [6, 6.07) is 14.1. The molecule has 0 aromatic heterocycles. The Bertz CT molecular complexity index is 870. The number of hydrogen-bond acceptors (Lipinski definition) is 4. The molecule has 6 nitrogen and oxygen atoms in total. The molecule has 1 atom stereocenters. The van der Waals surface area contributed by atoms with Crippen molar-refractivity contribution in [3.05, 3.63) is 64.7 Å². The third-order valence-electron chi connectivity index (χ3n) is 4.46. The summed E-state index contributed by atoms with van der Waals surface area (Å²) in [5.41, 5.74) is 1.69. The molecule has 0 saturated carbocycles. The molecule has 1 fully saturated rings. The molecule has 1 heterocycles. The minimum absolute atomic E-state index is 0.0966. The molecule has 0 spiro atoms. The van der Waals surface area contributed by atoms with Gasteiger partial charge in [-0.3, -0.25) is 9.59 Å². The molecule has 27 heavy (non-hydrogen) atoms. The standard InChI is InChI=1S/C20H19ClN2O4/c1-27-20(26)14-7-8-16(21)17(9-14)23-12-15(10-18(23)24)19(25)22-11-13-5-3-2-4-6-13/h2-9,15H,10-12H2,1H3,(H,22,25). The number of anilines is 1. The van der Waals surface area contributed by atoms with Gasteiger partial charge in [0.15, 0.2) is 0 Å². The first-order chi connectivity index (χ1) is 13.0. The Labute approximate surface area is 162 Å². The van der Waals surface area contributed by atoms with Gasteiger partial charge in [0.2, 0.25) is 11.8 Å². The maximum atomic E-state index is 12.5. The highest BCUT2D eigenvalue weighted by atomic mass is 35.5. The number of esters is 1. The molecule has 1 unspecified atom stereocenters. The number of ether oxygens (including phenoxy) is 1. The molecule has 2 aromatic carbocycles. The minimum atomic E-state index is -0.517. The number of carbonyl (C=O) groups excluding carboxylic acids is 3. The van der Waals surface area contributed by atoms with E-state index in [2.05, 4.69) is 5.32 Å². The number of nitrogens with one attached hydrogen (secondary N) is 1. The molecule has 2 aromatic rings. The van der Waals surface area contributed by atoms with E-state index in [0.29, 0.717) is 22.8 Å². The Morgan fingerprint density at radius 2 is 1.96 bits per heavy atom. The Morgan fingerprint density at radius 3 is 2.67 bits per heavy atom. The molecule has 0 bridgehead atoms. The molecule has 3 rings (SSSR count). The van der Waals surface area contributed by atoms with Crippen LogP contribution in [0.4, 0.5) is 5.69 Å². The molecule has 1 aliphatic rings. The van der Waals surface area contributed by atoms with Crippen LogP contribution >= 0.6 is 11.6 Å². The lowest BCUT2D eigenvalue weighted by Crippen LogP contribution is -2.32. The van der Waals surface area contributed by atoms with Gasteiger partial charge >= 0.3 is 5.97 Å². The van der Waals surface area contributed by atoms with Crippen LogP contribution < -0.4 is 10.2 Å². The second-order valence-corrected chi connectivity index (χ2v) is 6.67. The van der Waals surface area contributed by atoms with Gasteiger partial charge in [0.25, 0.3) is 0 Å². The zero-order chi connectivity index (χ0) is 19.4. The SMILES string of the molecule is COC(=O)c1ccc(Cl)c(N2CC(C(=O)NCc3ccccc3)CC2=O)c1. The van der Waals surface area contributed by atoms with Crippen LogP contribution in [0.1, 0.15) is 22.3 Å². The van der Waals surface area contributed by atoms with Crippen LogP contribution in [0.2, 0.25) is 5.02 Å². The van der Waals surface area contributed by atoms with Crippen molar-refractivity contribution in [1.29, 1.82) is 0 Å². The van der Waals surface area contributed by atoms with Crippen molar-refractivity contribution in [2.75, 3.05) is 18.6 Å². The second-order valence-electron chi connectivity index (χ2n) is 6.27. The molecule has 7 heteroatoms. The lowest BCUT2D eigenvalue weighted by molar-refractivity contribution is -0.126. The maximum Gasteiger partial charge on any atom is 0.337 e. The fourth-order valence-electron chi connectivity index (χ4n) is 3.01. The maximum absolute atomic E-state index is 12.5. The van der Waals surface area contributed by atoms with Crippen molar-refractivity contribution >= 4 is 35.1 Å². The van der Waals surface area contributed by atoms with E-state index < -0.39 is 11.9 Å². The number of methoxy groups -OCH3 is 1. The van der Waals surface area contributed by atoms with Crippen LogP contribution in [-0.4, -0.2) is 31.4 Å². The molecule has 0 radical (unpaired) electrons. The van der Waals surface area contributed by atoms with E-state index in [4.69, 9.17) is 16.3 Å². The minimum Gasteiger partial charge on any atom is -0.465 e. The first-order valence-electron chi connectivity index (χ1n) is 8.49. The van der Waals surface area contributed by atoms with Crippen LogP contribution in [0.5, 0.6) is 0 Å². The zero-order valence-corrected chi connectivity index (χ0v) is 15.5. The van der Waals surface area contributed by atoms with Gasteiger partial charge in [-0.1, -0.05) is 41.9 Å². The lowest BCUT2D eigenvalue weighted by Gasteiger charge is -2.19. The summed E-state index contributed by atoms with van der Waals surface area (Å²) in [7, 11) is 1.28. The van der Waals surface area contributed by atoms with Crippen LogP contribution in [0.3, 0.4) is 0 Å². The topological polar surface area (TPSA) is 75.7 Å². The summed E-state index contributed by atoms with van der Waals surface area (Å²) in [6.45, 7) is 0.618. The fraction of sp³-hybridized carbons (Fsp3) is 0.250. The van der Waals surface area contributed by atoms with Crippen LogP contribution in [0.25, 0.3) is 0 Å². The van der Waals surface area contributed by atoms with Crippen molar-refractivity contribution in [3.8, 4) is 0 Å². The Balaban J connectivity index is 1.70.